The summed E-state index contributed by atoms with van der Waals surface area (Å²) in [6.45, 7) is 5.23. The molecule has 0 bridgehead atoms. The number of anilines is 1. The maximum atomic E-state index is 13.0. The number of amides is 2. The van der Waals surface area contributed by atoms with Gasteiger partial charge in [-0.3, -0.25) is 9.59 Å². The summed E-state index contributed by atoms with van der Waals surface area (Å²) in [4.78, 5) is 31.7. The van der Waals surface area contributed by atoms with Gasteiger partial charge in [-0.05, 0) is 61.9 Å². The van der Waals surface area contributed by atoms with E-state index in [0.29, 0.717) is 40.9 Å². The highest BCUT2D eigenvalue weighted by Gasteiger charge is 2.15. The molecule has 0 saturated carbocycles. The molecule has 3 aromatic carbocycles. The van der Waals surface area contributed by atoms with Crippen molar-refractivity contribution in [3.8, 4) is 0 Å². The van der Waals surface area contributed by atoms with Crippen LogP contribution in [0.3, 0.4) is 0 Å². The van der Waals surface area contributed by atoms with Crippen LogP contribution in [0.25, 0.3) is 11.1 Å². The van der Waals surface area contributed by atoms with E-state index in [4.69, 9.17) is 4.42 Å². The second-order valence-corrected chi connectivity index (χ2v) is 8.33. The first-order valence-corrected chi connectivity index (χ1v) is 11.8. The number of hydrogen-bond acceptors (Lipinski definition) is 5. The van der Waals surface area contributed by atoms with Crippen molar-refractivity contribution < 1.29 is 14.0 Å². The van der Waals surface area contributed by atoms with Gasteiger partial charge >= 0.3 is 0 Å². The number of aromatic nitrogens is 1. The minimum absolute atomic E-state index is 0.0144. The number of hydrogen-bond donors (Lipinski definition) is 1. The van der Waals surface area contributed by atoms with Crippen LogP contribution in [-0.2, 0) is 5.75 Å². The van der Waals surface area contributed by atoms with Crippen LogP contribution in [0.4, 0.5) is 5.69 Å². The number of benzene rings is 3. The number of carbonyl (C=O) groups is 2. The topological polar surface area (TPSA) is 75.4 Å². The molecule has 7 heteroatoms. The summed E-state index contributed by atoms with van der Waals surface area (Å²) in [5.41, 5.74) is 4.27. The van der Waals surface area contributed by atoms with Crippen LogP contribution in [0.15, 0.2) is 82.4 Å². The highest BCUT2D eigenvalue weighted by atomic mass is 32.2. The second kappa shape index (κ2) is 10.4. The first-order valence-electron chi connectivity index (χ1n) is 10.9. The molecule has 4 aromatic rings. The third-order valence-electron chi connectivity index (χ3n) is 5.33. The Balaban J connectivity index is 1.44. The van der Waals surface area contributed by atoms with Crippen molar-refractivity contribution in [1.82, 2.24) is 9.88 Å². The van der Waals surface area contributed by atoms with Gasteiger partial charge in [-0.25, -0.2) is 4.98 Å². The molecule has 1 heterocycles. The van der Waals surface area contributed by atoms with Crippen LogP contribution in [0.5, 0.6) is 0 Å². The Kier molecular flexibility index (Phi) is 7.10. The van der Waals surface area contributed by atoms with E-state index in [1.54, 1.807) is 35.2 Å². The molecule has 1 N–H and O–H groups in total. The number of carbonyl (C=O) groups excluding carboxylic acids is 2. The molecule has 0 atom stereocenters. The molecule has 0 radical (unpaired) electrons. The Bertz CT molecular complexity index is 1230. The van der Waals surface area contributed by atoms with Gasteiger partial charge in [0.25, 0.3) is 17.0 Å². The van der Waals surface area contributed by atoms with Gasteiger partial charge in [-0.2, -0.15) is 0 Å². The Morgan fingerprint density at radius 1 is 0.939 bits per heavy atom. The molecule has 0 aliphatic carbocycles. The first-order chi connectivity index (χ1) is 16.1. The Hall–Kier alpha value is -3.58. The van der Waals surface area contributed by atoms with Gasteiger partial charge < -0.3 is 14.6 Å². The number of para-hydroxylation sites is 2. The van der Waals surface area contributed by atoms with Gasteiger partial charge in [0, 0.05) is 35.7 Å². The number of nitrogens with zero attached hydrogens (tertiary/aromatic N) is 2. The van der Waals surface area contributed by atoms with E-state index in [2.05, 4.69) is 10.3 Å². The van der Waals surface area contributed by atoms with E-state index >= 15 is 0 Å². The van der Waals surface area contributed by atoms with Crippen molar-refractivity contribution in [3.05, 3.63) is 89.5 Å². The monoisotopic (exact) mass is 459 g/mol. The molecule has 33 heavy (non-hydrogen) atoms. The van der Waals surface area contributed by atoms with Crippen molar-refractivity contribution in [2.75, 3.05) is 18.4 Å². The van der Waals surface area contributed by atoms with Gasteiger partial charge in [-0.1, -0.05) is 42.1 Å². The molecule has 4 rings (SSSR count). The number of rotatable bonds is 8. The summed E-state index contributed by atoms with van der Waals surface area (Å²) in [5.74, 6) is 0.333. The lowest BCUT2D eigenvalue weighted by atomic mass is 10.1. The molecular formula is C26H25N3O3S. The fourth-order valence-corrected chi connectivity index (χ4v) is 4.35. The van der Waals surface area contributed by atoms with E-state index in [1.807, 2.05) is 56.3 Å². The van der Waals surface area contributed by atoms with Crippen LogP contribution in [0.1, 0.15) is 40.1 Å². The Morgan fingerprint density at radius 2 is 1.64 bits per heavy atom. The molecule has 1 aromatic heterocycles. The minimum Gasteiger partial charge on any atom is -0.431 e. The predicted octanol–water partition coefficient (Wildman–Crippen LogP) is 5.85. The van der Waals surface area contributed by atoms with E-state index in [0.717, 1.165) is 16.7 Å². The molecule has 0 saturated heterocycles. The van der Waals surface area contributed by atoms with Crippen molar-refractivity contribution >= 4 is 40.4 Å². The normalized spacial score (nSPS) is 10.8. The fourth-order valence-electron chi connectivity index (χ4n) is 3.51. The molecule has 0 aliphatic heterocycles. The largest absolute Gasteiger partial charge is 0.431 e. The quantitative estimate of drug-likeness (QED) is 0.334. The van der Waals surface area contributed by atoms with Gasteiger partial charge in [-0.15, -0.1) is 0 Å². The highest BCUT2D eigenvalue weighted by Crippen LogP contribution is 2.27. The molecule has 2 amide bonds. The van der Waals surface area contributed by atoms with Crippen LogP contribution in [-0.4, -0.2) is 34.8 Å². The second-order valence-electron chi connectivity index (χ2n) is 7.40. The fraction of sp³-hybridized carbons (Fsp3) is 0.192. The zero-order valence-corrected chi connectivity index (χ0v) is 19.4. The number of thioether (sulfide) groups is 1. The van der Waals surface area contributed by atoms with Crippen LogP contribution < -0.4 is 5.32 Å². The van der Waals surface area contributed by atoms with Crippen LogP contribution >= 0.6 is 11.8 Å². The molecule has 0 aliphatic rings. The lowest BCUT2D eigenvalue weighted by molar-refractivity contribution is 0.0773. The van der Waals surface area contributed by atoms with Gasteiger partial charge in [0.1, 0.15) is 5.52 Å². The van der Waals surface area contributed by atoms with Gasteiger partial charge in [0.05, 0.1) is 0 Å². The zero-order chi connectivity index (χ0) is 23.2. The summed E-state index contributed by atoms with van der Waals surface area (Å²) in [6, 6.07) is 22.1. The number of fused-ring (bicyclic) bond motifs is 1. The zero-order valence-electron chi connectivity index (χ0n) is 18.6. The molecular weight excluding hydrogens is 434 g/mol. The molecule has 0 spiro atoms. The van der Waals surface area contributed by atoms with E-state index in [-0.39, 0.29) is 11.8 Å². The Morgan fingerprint density at radius 3 is 2.36 bits per heavy atom. The molecule has 0 unspecified atom stereocenters. The molecule has 6 nitrogen and oxygen atoms in total. The maximum absolute atomic E-state index is 13.0. The van der Waals surface area contributed by atoms with E-state index in [9.17, 15) is 9.59 Å². The average molecular weight is 460 g/mol. The smallest absolute Gasteiger partial charge is 0.257 e. The van der Waals surface area contributed by atoms with Crippen LogP contribution in [0.2, 0.25) is 0 Å². The Labute approximate surface area is 197 Å². The third-order valence-corrected chi connectivity index (χ3v) is 6.20. The van der Waals surface area contributed by atoms with Crippen LogP contribution in [0, 0.1) is 0 Å². The SMILES string of the molecule is CCN(CC)C(=O)c1ccc(NC(=O)c2ccccc2CSc2nc3ccccc3o2)cc1. The molecule has 168 valence electrons. The maximum Gasteiger partial charge on any atom is 0.257 e. The van der Waals surface area contributed by atoms with Crippen molar-refractivity contribution in [1.29, 1.82) is 0 Å². The standard InChI is InChI=1S/C26H25N3O3S/c1-3-29(4-2)25(31)18-13-15-20(16-14-18)27-24(30)21-10-6-5-9-19(21)17-33-26-28-22-11-7-8-12-23(22)32-26/h5-16H,3-4,17H2,1-2H3,(H,27,30). The predicted molar refractivity (Wildman–Crippen MR) is 132 cm³/mol. The minimum atomic E-state index is -0.202. The van der Waals surface area contributed by atoms with Gasteiger partial charge in [0.2, 0.25) is 0 Å². The number of oxazole rings is 1. The lowest BCUT2D eigenvalue weighted by Crippen LogP contribution is -2.30. The summed E-state index contributed by atoms with van der Waals surface area (Å²) in [5, 5.41) is 3.50. The highest BCUT2D eigenvalue weighted by molar-refractivity contribution is 7.98. The van der Waals surface area contributed by atoms with E-state index < -0.39 is 0 Å². The van der Waals surface area contributed by atoms with Crippen molar-refractivity contribution in [2.24, 2.45) is 0 Å². The van der Waals surface area contributed by atoms with Crippen molar-refractivity contribution in [3.63, 3.8) is 0 Å². The van der Waals surface area contributed by atoms with E-state index in [1.165, 1.54) is 11.8 Å². The van der Waals surface area contributed by atoms with Crippen molar-refractivity contribution in [2.45, 2.75) is 24.8 Å². The summed E-state index contributed by atoms with van der Waals surface area (Å²) in [6.07, 6.45) is 0. The summed E-state index contributed by atoms with van der Waals surface area (Å²) < 4.78 is 5.77. The number of nitrogens with one attached hydrogen (secondary N) is 1. The first kappa shape index (κ1) is 22.6. The summed E-state index contributed by atoms with van der Waals surface area (Å²) >= 11 is 1.45. The summed E-state index contributed by atoms with van der Waals surface area (Å²) in [7, 11) is 0. The lowest BCUT2D eigenvalue weighted by Gasteiger charge is -2.18. The molecule has 0 fully saturated rings. The third kappa shape index (κ3) is 5.26. The average Bonchev–Trinajstić information content (AvgIpc) is 3.27. The van der Waals surface area contributed by atoms with Gasteiger partial charge in [0.15, 0.2) is 5.58 Å².